The largest absolute Gasteiger partial charge is 0.383 e. The molecular weight excluding hydrogens is 261 g/mol. The van der Waals surface area contributed by atoms with Gasteiger partial charge in [-0.3, -0.25) is 9.69 Å². The van der Waals surface area contributed by atoms with Crippen LogP contribution in [0, 0.1) is 0 Å². The number of ether oxygens (including phenoxy) is 1. The molecule has 0 fully saturated rings. The molecule has 0 bridgehead atoms. The van der Waals surface area contributed by atoms with Gasteiger partial charge in [-0.15, -0.1) is 0 Å². The Bertz CT molecular complexity index is 396. The van der Waals surface area contributed by atoms with Gasteiger partial charge in [-0.1, -0.05) is 23.2 Å². The second-order valence-electron chi connectivity index (χ2n) is 3.78. The van der Waals surface area contributed by atoms with E-state index in [4.69, 9.17) is 27.9 Å². The lowest BCUT2D eigenvalue weighted by atomic mass is 10.1. The second kappa shape index (κ2) is 6.97. The predicted molar refractivity (Wildman–Crippen MR) is 70.2 cm³/mol. The van der Waals surface area contributed by atoms with Gasteiger partial charge in [0.2, 0.25) is 0 Å². The first-order valence-electron chi connectivity index (χ1n) is 5.20. The number of rotatable bonds is 6. The first-order valence-corrected chi connectivity index (χ1v) is 5.96. The Morgan fingerprint density at radius 2 is 2.12 bits per heavy atom. The summed E-state index contributed by atoms with van der Waals surface area (Å²) < 4.78 is 4.94. The molecule has 1 aromatic rings. The van der Waals surface area contributed by atoms with Crippen molar-refractivity contribution < 1.29 is 9.53 Å². The van der Waals surface area contributed by atoms with E-state index >= 15 is 0 Å². The summed E-state index contributed by atoms with van der Waals surface area (Å²) in [5.41, 5.74) is 0.462. The molecule has 1 aromatic carbocycles. The van der Waals surface area contributed by atoms with E-state index < -0.39 is 0 Å². The van der Waals surface area contributed by atoms with Gasteiger partial charge >= 0.3 is 0 Å². The number of hydrogen-bond donors (Lipinski definition) is 0. The Hall–Kier alpha value is -0.610. The molecule has 0 saturated carbocycles. The Labute approximate surface area is 111 Å². The summed E-state index contributed by atoms with van der Waals surface area (Å²) in [6, 6.07) is 4.89. The fraction of sp³-hybridized carbons (Fsp3) is 0.417. The lowest BCUT2D eigenvalue weighted by Gasteiger charge is -2.15. The summed E-state index contributed by atoms with van der Waals surface area (Å²) in [7, 11) is 3.48. The van der Waals surface area contributed by atoms with Crippen LogP contribution in [-0.2, 0) is 4.74 Å². The molecule has 94 valence electrons. The van der Waals surface area contributed by atoms with Gasteiger partial charge in [0.1, 0.15) is 0 Å². The smallest absolute Gasteiger partial charge is 0.178 e. The van der Waals surface area contributed by atoms with E-state index in [0.29, 0.717) is 35.3 Å². The van der Waals surface area contributed by atoms with Crippen LogP contribution in [-0.4, -0.2) is 44.5 Å². The van der Waals surface area contributed by atoms with Crippen LogP contribution >= 0.6 is 23.2 Å². The predicted octanol–water partition coefficient (Wildman–Crippen LogP) is 2.75. The molecule has 0 N–H and O–H groups in total. The van der Waals surface area contributed by atoms with Crippen molar-refractivity contribution in [2.75, 3.05) is 33.9 Å². The fourth-order valence-electron chi connectivity index (χ4n) is 1.37. The van der Waals surface area contributed by atoms with Crippen LogP contribution in [0.4, 0.5) is 0 Å². The molecule has 3 nitrogen and oxygen atoms in total. The van der Waals surface area contributed by atoms with Crippen molar-refractivity contribution in [1.82, 2.24) is 4.90 Å². The average molecular weight is 276 g/mol. The third kappa shape index (κ3) is 4.64. The van der Waals surface area contributed by atoms with Crippen LogP contribution in [0.2, 0.25) is 10.0 Å². The van der Waals surface area contributed by atoms with Gasteiger partial charge in [-0.2, -0.15) is 0 Å². The van der Waals surface area contributed by atoms with Crippen molar-refractivity contribution in [2.45, 2.75) is 0 Å². The van der Waals surface area contributed by atoms with Crippen molar-refractivity contribution >= 4 is 29.0 Å². The van der Waals surface area contributed by atoms with Crippen molar-refractivity contribution in [3.05, 3.63) is 33.8 Å². The lowest BCUT2D eigenvalue weighted by Crippen LogP contribution is -2.29. The summed E-state index contributed by atoms with van der Waals surface area (Å²) in [4.78, 5) is 13.8. The summed E-state index contributed by atoms with van der Waals surface area (Å²) in [6.45, 7) is 1.58. The SMILES string of the molecule is COCCN(C)CC(=O)c1cc(Cl)ccc1Cl. The summed E-state index contributed by atoms with van der Waals surface area (Å²) in [6.07, 6.45) is 0. The molecule has 0 heterocycles. The maximum atomic E-state index is 12.0. The number of carbonyl (C=O) groups excluding carboxylic acids is 1. The molecule has 0 aromatic heterocycles. The molecule has 0 radical (unpaired) electrons. The number of hydrogen-bond acceptors (Lipinski definition) is 3. The molecule has 1 rings (SSSR count). The quantitative estimate of drug-likeness (QED) is 0.748. The average Bonchev–Trinajstić information content (AvgIpc) is 2.29. The van der Waals surface area contributed by atoms with Gasteiger partial charge < -0.3 is 4.74 Å². The number of benzene rings is 1. The topological polar surface area (TPSA) is 29.5 Å². The van der Waals surface area contributed by atoms with Gasteiger partial charge in [-0.05, 0) is 25.2 Å². The Morgan fingerprint density at radius 1 is 1.41 bits per heavy atom. The zero-order chi connectivity index (χ0) is 12.8. The van der Waals surface area contributed by atoms with E-state index in [1.165, 1.54) is 0 Å². The molecule has 0 spiro atoms. The molecule has 0 amide bonds. The van der Waals surface area contributed by atoms with E-state index in [9.17, 15) is 4.79 Å². The van der Waals surface area contributed by atoms with Crippen LogP contribution in [0.15, 0.2) is 18.2 Å². The van der Waals surface area contributed by atoms with Gasteiger partial charge in [-0.25, -0.2) is 0 Å². The molecule has 0 aliphatic rings. The molecule has 0 aliphatic heterocycles. The van der Waals surface area contributed by atoms with Gasteiger partial charge in [0, 0.05) is 24.2 Å². The summed E-state index contributed by atoms with van der Waals surface area (Å²) >= 11 is 11.8. The molecule has 17 heavy (non-hydrogen) atoms. The zero-order valence-corrected chi connectivity index (χ0v) is 11.4. The molecule has 0 atom stereocenters. The van der Waals surface area contributed by atoms with Gasteiger partial charge in [0.25, 0.3) is 0 Å². The minimum Gasteiger partial charge on any atom is -0.383 e. The number of methoxy groups -OCH3 is 1. The molecular formula is C12H15Cl2NO2. The van der Waals surface area contributed by atoms with E-state index in [0.717, 1.165) is 0 Å². The highest BCUT2D eigenvalue weighted by atomic mass is 35.5. The summed E-state index contributed by atoms with van der Waals surface area (Å²) in [5.74, 6) is -0.0453. The third-order valence-corrected chi connectivity index (χ3v) is 2.88. The molecule has 0 unspecified atom stereocenters. The number of nitrogens with zero attached hydrogens (tertiary/aromatic N) is 1. The number of ketones is 1. The van der Waals surface area contributed by atoms with Crippen LogP contribution in [0.5, 0.6) is 0 Å². The number of carbonyl (C=O) groups is 1. The number of likely N-dealkylation sites (N-methyl/N-ethyl adjacent to an activating group) is 1. The highest BCUT2D eigenvalue weighted by Crippen LogP contribution is 2.21. The van der Waals surface area contributed by atoms with E-state index in [1.807, 2.05) is 11.9 Å². The lowest BCUT2D eigenvalue weighted by molar-refractivity contribution is 0.0923. The zero-order valence-electron chi connectivity index (χ0n) is 9.87. The molecule has 0 aliphatic carbocycles. The first-order chi connectivity index (χ1) is 8.04. The third-order valence-electron chi connectivity index (χ3n) is 2.32. The number of Topliss-reactive ketones (excluding diaryl/α,β-unsaturated/α-hetero) is 1. The van der Waals surface area contributed by atoms with E-state index in [-0.39, 0.29) is 5.78 Å². The van der Waals surface area contributed by atoms with Gasteiger partial charge in [0.05, 0.1) is 18.2 Å². The minimum absolute atomic E-state index is 0.0453. The summed E-state index contributed by atoms with van der Waals surface area (Å²) in [5, 5.41) is 0.942. The van der Waals surface area contributed by atoms with Crippen LogP contribution in [0.3, 0.4) is 0 Å². The Morgan fingerprint density at radius 3 is 2.76 bits per heavy atom. The number of halogens is 2. The molecule has 5 heteroatoms. The monoisotopic (exact) mass is 275 g/mol. The van der Waals surface area contributed by atoms with Crippen LogP contribution < -0.4 is 0 Å². The van der Waals surface area contributed by atoms with E-state index in [2.05, 4.69) is 0 Å². The second-order valence-corrected chi connectivity index (χ2v) is 4.62. The van der Waals surface area contributed by atoms with Crippen molar-refractivity contribution in [3.63, 3.8) is 0 Å². The van der Waals surface area contributed by atoms with Crippen LogP contribution in [0.1, 0.15) is 10.4 Å². The van der Waals surface area contributed by atoms with Crippen molar-refractivity contribution in [2.24, 2.45) is 0 Å². The van der Waals surface area contributed by atoms with Crippen molar-refractivity contribution in [1.29, 1.82) is 0 Å². The van der Waals surface area contributed by atoms with Crippen LogP contribution in [0.25, 0.3) is 0 Å². The Kier molecular flexibility index (Phi) is 5.92. The standard InChI is InChI=1S/C12H15Cl2NO2/c1-15(5-6-17-2)8-12(16)10-7-9(13)3-4-11(10)14/h3-4,7H,5-6,8H2,1-2H3. The highest BCUT2D eigenvalue weighted by molar-refractivity contribution is 6.36. The van der Waals surface area contributed by atoms with Crippen molar-refractivity contribution in [3.8, 4) is 0 Å². The maximum Gasteiger partial charge on any atom is 0.178 e. The normalized spacial score (nSPS) is 10.9. The van der Waals surface area contributed by atoms with Gasteiger partial charge in [0.15, 0.2) is 5.78 Å². The fourth-order valence-corrected chi connectivity index (χ4v) is 1.76. The minimum atomic E-state index is -0.0453. The Balaban J connectivity index is 2.66. The highest BCUT2D eigenvalue weighted by Gasteiger charge is 2.13. The maximum absolute atomic E-state index is 12.0. The molecule has 0 saturated heterocycles. The van der Waals surface area contributed by atoms with E-state index in [1.54, 1.807) is 25.3 Å². The first kappa shape index (κ1) is 14.5.